The van der Waals surface area contributed by atoms with E-state index in [4.69, 9.17) is 0 Å². The highest BCUT2D eigenvalue weighted by atomic mass is 32.1. The van der Waals surface area contributed by atoms with Gasteiger partial charge < -0.3 is 4.90 Å². The molecule has 0 bridgehead atoms. The number of rotatable bonds is 1. The van der Waals surface area contributed by atoms with E-state index in [1.54, 1.807) is 11.5 Å². The van der Waals surface area contributed by atoms with Gasteiger partial charge in [0.1, 0.15) is 5.82 Å². The summed E-state index contributed by atoms with van der Waals surface area (Å²) < 4.78 is 5.61. The van der Waals surface area contributed by atoms with E-state index >= 15 is 0 Å². The van der Waals surface area contributed by atoms with E-state index in [2.05, 4.69) is 16.5 Å². The van der Waals surface area contributed by atoms with Crippen LogP contribution in [0.15, 0.2) is 24.3 Å². The molecular weight excluding hydrogens is 168 g/mol. The summed E-state index contributed by atoms with van der Waals surface area (Å²) in [5, 5.41) is 1.24. The zero-order chi connectivity index (χ0) is 8.55. The molecule has 62 valence electrons. The first kappa shape index (κ1) is 7.55. The predicted molar refractivity (Wildman–Crippen MR) is 53.9 cm³/mol. The lowest BCUT2D eigenvalue weighted by atomic mass is 10.2. The van der Waals surface area contributed by atoms with Crippen LogP contribution >= 0.6 is 11.5 Å². The fourth-order valence-electron chi connectivity index (χ4n) is 1.20. The Morgan fingerprint density at radius 3 is 2.75 bits per heavy atom. The first-order valence-electron chi connectivity index (χ1n) is 3.81. The van der Waals surface area contributed by atoms with Gasteiger partial charge in [-0.15, -0.1) is 0 Å². The van der Waals surface area contributed by atoms with Crippen LogP contribution in [0.1, 0.15) is 0 Å². The molecule has 0 atom stereocenters. The molecular formula is C9H10N2S. The standard InChI is InChI=1S/C9H10N2S/c1-11(2)9-7-5-3-4-6-8(7)12-10-9/h3-6H,1-2H3. The molecule has 0 radical (unpaired) electrons. The van der Waals surface area contributed by atoms with Crippen molar-refractivity contribution in [3.05, 3.63) is 24.3 Å². The van der Waals surface area contributed by atoms with E-state index in [-0.39, 0.29) is 0 Å². The Morgan fingerprint density at radius 1 is 1.25 bits per heavy atom. The van der Waals surface area contributed by atoms with Gasteiger partial charge in [-0.25, -0.2) is 0 Å². The molecule has 0 N–H and O–H groups in total. The van der Waals surface area contributed by atoms with Crippen molar-refractivity contribution in [3.63, 3.8) is 0 Å². The van der Waals surface area contributed by atoms with Crippen LogP contribution in [0, 0.1) is 0 Å². The van der Waals surface area contributed by atoms with Crippen molar-refractivity contribution >= 4 is 27.4 Å². The molecule has 2 aromatic rings. The first-order chi connectivity index (χ1) is 5.79. The molecule has 2 rings (SSSR count). The Bertz CT molecular complexity index is 392. The summed E-state index contributed by atoms with van der Waals surface area (Å²) in [4.78, 5) is 2.04. The third kappa shape index (κ3) is 1.06. The lowest BCUT2D eigenvalue weighted by Crippen LogP contribution is -2.08. The topological polar surface area (TPSA) is 16.1 Å². The van der Waals surface area contributed by atoms with E-state index in [1.807, 2.05) is 31.1 Å². The van der Waals surface area contributed by atoms with Crippen molar-refractivity contribution < 1.29 is 0 Å². The van der Waals surface area contributed by atoms with Gasteiger partial charge in [0, 0.05) is 19.5 Å². The van der Waals surface area contributed by atoms with Crippen molar-refractivity contribution in [2.45, 2.75) is 0 Å². The molecule has 1 heterocycles. The third-order valence-corrected chi connectivity index (χ3v) is 2.60. The molecule has 0 fully saturated rings. The number of benzene rings is 1. The highest BCUT2D eigenvalue weighted by Crippen LogP contribution is 2.27. The SMILES string of the molecule is CN(C)c1nsc2ccccc12. The largest absolute Gasteiger partial charge is 0.361 e. The summed E-state index contributed by atoms with van der Waals surface area (Å²) in [6.07, 6.45) is 0. The monoisotopic (exact) mass is 178 g/mol. The van der Waals surface area contributed by atoms with Crippen molar-refractivity contribution in [2.75, 3.05) is 19.0 Å². The molecule has 12 heavy (non-hydrogen) atoms. The lowest BCUT2D eigenvalue weighted by molar-refractivity contribution is 1.11. The van der Waals surface area contributed by atoms with Gasteiger partial charge in [-0.2, -0.15) is 4.37 Å². The van der Waals surface area contributed by atoms with Crippen LogP contribution in [0.25, 0.3) is 10.1 Å². The summed E-state index contributed by atoms with van der Waals surface area (Å²) in [6, 6.07) is 8.29. The average Bonchev–Trinajstić information content (AvgIpc) is 2.47. The maximum absolute atomic E-state index is 4.36. The van der Waals surface area contributed by atoms with Crippen LogP contribution in [0.5, 0.6) is 0 Å². The molecule has 0 amide bonds. The van der Waals surface area contributed by atoms with Crippen LogP contribution in [0.2, 0.25) is 0 Å². The lowest BCUT2D eigenvalue weighted by Gasteiger charge is -2.07. The summed E-state index contributed by atoms with van der Waals surface area (Å²) in [5.41, 5.74) is 0. The van der Waals surface area contributed by atoms with Crippen molar-refractivity contribution in [1.29, 1.82) is 0 Å². The number of aromatic nitrogens is 1. The maximum atomic E-state index is 4.36. The molecule has 0 saturated carbocycles. The summed E-state index contributed by atoms with van der Waals surface area (Å²) in [7, 11) is 4.03. The van der Waals surface area contributed by atoms with Gasteiger partial charge in [0.15, 0.2) is 0 Å². The summed E-state index contributed by atoms with van der Waals surface area (Å²) in [5.74, 6) is 1.07. The van der Waals surface area contributed by atoms with Gasteiger partial charge >= 0.3 is 0 Å². The highest BCUT2D eigenvalue weighted by molar-refractivity contribution is 7.13. The van der Waals surface area contributed by atoms with Crippen molar-refractivity contribution in [3.8, 4) is 0 Å². The van der Waals surface area contributed by atoms with Gasteiger partial charge in [0.05, 0.1) is 4.70 Å². The number of anilines is 1. The molecule has 0 spiro atoms. The fourth-order valence-corrected chi connectivity index (χ4v) is 2.04. The van der Waals surface area contributed by atoms with Gasteiger partial charge in [-0.3, -0.25) is 0 Å². The zero-order valence-corrected chi connectivity index (χ0v) is 7.93. The van der Waals surface area contributed by atoms with Gasteiger partial charge in [0.2, 0.25) is 0 Å². The smallest absolute Gasteiger partial charge is 0.149 e. The van der Waals surface area contributed by atoms with E-state index in [1.165, 1.54) is 10.1 Å². The van der Waals surface area contributed by atoms with E-state index in [0.29, 0.717) is 0 Å². The minimum Gasteiger partial charge on any atom is -0.361 e. The minimum atomic E-state index is 1.07. The van der Waals surface area contributed by atoms with Crippen molar-refractivity contribution in [2.24, 2.45) is 0 Å². The van der Waals surface area contributed by atoms with Crippen LogP contribution < -0.4 is 4.90 Å². The predicted octanol–water partition coefficient (Wildman–Crippen LogP) is 2.36. The normalized spacial score (nSPS) is 10.5. The van der Waals surface area contributed by atoms with Crippen molar-refractivity contribution in [1.82, 2.24) is 4.37 Å². The van der Waals surface area contributed by atoms with Crippen LogP contribution in [0.4, 0.5) is 5.82 Å². The second kappa shape index (κ2) is 2.75. The van der Waals surface area contributed by atoms with E-state index in [9.17, 15) is 0 Å². The second-order valence-electron chi connectivity index (χ2n) is 2.90. The molecule has 0 aliphatic carbocycles. The Kier molecular flexibility index (Phi) is 1.73. The quantitative estimate of drug-likeness (QED) is 0.666. The average molecular weight is 178 g/mol. The van der Waals surface area contributed by atoms with Gasteiger partial charge in [-0.1, -0.05) is 12.1 Å². The van der Waals surface area contributed by atoms with E-state index in [0.717, 1.165) is 5.82 Å². The second-order valence-corrected chi connectivity index (χ2v) is 3.70. The molecule has 1 aromatic heterocycles. The van der Waals surface area contributed by atoms with Gasteiger partial charge in [-0.05, 0) is 23.7 Å². The molecule has 3 heteroatoms. The molecule has 0 saturated heterocycles. The minimum absolute atomic E-state index is 1.07. The third-order valence-electron chi connectivity index (χ3n) is 1.78. The Balaban J connectivity index is 2.70. The van der Waals surface area contributed by atoms with Crippen LogP contribution in [-0.2, 0) is 0 Å². The molecule has 2 nitrogen and oxygen atoms in total. The Labute approximate surface area is 75.6 Å². The maximum Gasteiger partial charge on any atom is 0.149 e. The zero-order valence-electron chi connectivity index (χ0n) is 7.11. The molecule has 0 aliphatic heterocycles. The number of fused-ring (bicyclic) bond motifs is 1. The Hall–Kier alpha value is -1.09. The summed E-state index contributed by atoms with van der Waals surface area (Å²) in [6.45, 7) is 0. The van der Waals surface area contributed by atoms with Gasteiger partial charge in [0.25, 0.3) is 0 Å². The molecule has 0 unspecified atom stereocenters. The molecule has 1 aromatic carbocycles. The number of nitrogens with zero attached hydrogens (tertiary/aromatic N) is 2. The highest BCUT2D eigenvalue weighted by Gasteiger charge is 2.05. The first-order valence-corrected chi connectivity index (χ1v) is 4.58. The van der Waals surface area contributed by atoms with E-state index < -0.39 is 0 Å². The fraction of sp³-hybridized carbons (Fsp3) is 0.222. The van der Waals surface area contributed by atoms with Crippen LogP contribution in [-0.4, -0.2) is 18.5 Å². The number of hydrogen-bond acceptors (Lipinski definition) is 3. The summed E-state index contributed by atoms with van der Waals surface area (Å²) >= 11 is 1.55. The number of hydrogen-bond donors (Lipinski definition) is 0. The van der Waals surface area contributed by atoms with Crippen LogP contribution in [0.3, 0.4) is 0 Å². The Morgan fingerprint density at radius 2 is 2.00 bits per heavy atom. The molecule has 0 aliphatic rings.